The summed E-state index contributed by atoms with van der Waals surface area (Å²) in [5.74, 6) is 1.17. The maximum atomic E-state index is 11.9. The number of anilines is 1. The van der Waals surface area contributed by atoms with Crippen molar-refractivity contribution in [3.63, 3.8) is 0 Å². The number of nitrogens with two attached hydrogens (primary N) is 1. The minimum absolute atomic E-state index is 0.0594. The smallest absolute Gasteiger partial charge is 0.200 e. The molecule has 2 heterocycles. The lowest BCUT2D eigenvalue weighted by atomic mass is 10.1. The molecule has 2 N–H and O–H groups in total. The highest BCUT2D eigenvalue weighted by Crippen LogP contribution is 2.24. The van der Waals surface area contributed by atoms with E-state index in [1.165, 1.54) is 12.1 Å². The van der Waals surface area contributed by atoms with Crippen LogP contribution in [0.3, 0.4) is 0 Å². The minimum Gasteiger partial charge on any atom is -0.440 e. The molecule has 1 fully saturated rings. The number of rotatable bonds is 3. The normalized spacial score (nSPS) is 15.2. The topological polar surface area (TPSA) is 68.7 Å². The Balaban J connectivity index is 1.98. The number of nitrogens with zero attached hydrogens (tertiary/aromatic N) is 1. The van der Waals surface area contributed by atoms with Crippen LogP contribution in [0.25, 0.3) is 11.3 Å². The molecular weight excluding hydrogens is 268 g/mol. The van der Waals surface area contributed by atoms with Gasteiger partial charge in [0.05, 0.1) is 13.2 Å². The Morgan fingerprint density at radius 2 is 1.95 bits per heavy atom. The lowest BCUT2D eigenvalue weighted by Crippen LogP contribution is -2.36. The summed E-state index contributed by atoms with van der Waals surface area (Å²) in [6.07, 6.45) is 0. The van der Waals surface area contributed by atoms with Gasteiger partial charge >= 0.3 is 0 Å². The molecule has 0 spiro atoms. The third kappa shape index (κ3) is 3.15. The fourth-order valence-electron chi connectivity index (χ4n) is 2.40. The number of benzene rings is 1. The standard InChI is InChI=1S/C16H18N2O3/c17-11-12-2-1-3-13(8-12)15-9-14(19)10-16(21-15)18-4-6-20-7-5-18/h1-3,8-10H,4-7,11,17H2. The number of hydrogen-bond acceptors (Lipinski definition) is 5. The van der Waals surface area contributed by atoms with Gasteiger partial charge in [0, 0.05) is 37.3 Å². The monoisotopic (exact) mass is 286 g/mol. The zero-order valence-electron chi connectivity index (χ0n) is 11.7. The van der Waals surface area contributed by atoms with E-state index in [0.717, 1.165) is 24.2 Å². The Bertz CT molecular complexity index is 675. The molecule has 1 aliphatic heterocycles. The molecule has 0 atom stereocenters. The van der Waals surface area contributed by atoms with Crippen molar-refractivity contribution in [2.24, 2.45) is 5.73 Å². The van der Waals surface area contributed by atoms with Crippen LogP contribution in [0.5, 0.6) is 0 Å². The predicted molar refractivity (Wildman–Crippen MR) is 81.3 cm³/mol. The van der Waals surface area contributed by atoms with Crippen LogP contribution in [0.15, 0.2) is 45.6 Å². The van der Waals surface area contributed by atoms with Crippen molar-refractivity contribution < 1.29 is 9.15 Å². The average molecular weight is 286 g/mol. The second-order valence-electron chi connectivity index (χ2n) is 5.00. The number of hydrogen-bond donors (Lipinski definition) is 1. The van der Waals surface area contributed by atoms with Gasteiger partial charge < -0.3 is 19.8 Å². The Hall–Kier alpha value is -2.11. The fourth-order valence-corrected chi connectivity index (χ4v) is 2.40. The first-order chi connectivity index (χ1) is 10.3. The second-order valence-corrected chi connectivity index (χ2v) is 5.00. The molecule has 1 saturated heterocycles. The Morgan fingerprint density at radius 3 is 2.71 bits per heavy atom. The van der Waals surface area contributed by atoms with Gasteiger partial charge in [-0.3, -0.25) is 4.79 Å². The maximum absolute atomic E-state index is 11.9. The molecule has 0 aliphatic carbocycles. The molecule has 0 saturated carbocycles. The highest BCUT2D eigenvalue weighted by Gasteiger charge is 2.15. The first-order valence-corrected chi connectivity index (χ1v) is 7.03. The molecule has 0 bridgehead atoms. The molecule has 0 unspecified atom stereocenters. The zero-order chi connectivity index (χ0) is 14.7. The van der Waals surface area contributed by atoms with E-state index in [0.29, 0.717) is 31.4 Å². The Morgan fingerprint density at radius 1 is 1.14 bits per heavy atom. The summed E-state index contributed by atoms with van der Waals surface area (Å²) in [5.41, 5.74) is 7.47. The van der Waals surface area contributed by atoms with Crippen molar-refractivity contribution in [3.05, 3.63) is 52.2 Å². The molecule has 0 amide bonds. The van der Waals surface area contributed by atoms with Crippen molar-refractivity contribution in [1.82, 2.24) is 0 Å². The summed E-state index contributed by atoms with van der Waals surface area (Å²) in [5, 5.41) is 0. The molecule has 5 nitrogen and oxygen atoms in total. The van der Waals surface area contributed by atoms with Crippen LogP contribution in [-0.4, -0.2) is 26.3 Å². The second kappa shape index (κ2) is 6.11. The molecular formula is C16H18N2O3. The predicted octanol–water partition coefficient (Wildman–Crippen LogP) is 1.60. The lowest BCUT2D eigenvalue weighted by molar-refractivity contribution is 0.120. The third-order valence-electron chi connectivity index (χ3n) is 3.52. The molecule has 1 aromatic carbocycles. The molecule has 0 radical (unpaired) electrons. The Labute approximate surface area is 122 Å². The third-order valence-corrected chi connectivity index (χ3v) is 3.52. The molecule has 3 rings (SSSR count). The number of ether oxygens (including phenoxy) is 1. The summed E-state index contributed by atoms with van der Waals surface area (Å²) in [6.45, 7) is 3.22. The van der Waals surface area contributed by atoms with E-state index in [2.05, 4.69) is 0 Å². The average Bonchev–Trinajstić information content (AvgIpc) is 2.55. The van der Waals surface area contributed by atoms with Crippen LogP contribution >= 0.6 is 0 Å². The van der Waals surface area contributed by atoms with Gasteiger partial charge in [0.1, 0.15) is 5.76 Å². The lowest BCUT2D eigenvalue weighted by Gasteiger charge is -2.27. The van der Waals surface area contributed by atoms with E-state index in [9.17, 15) is 4.79 Å². The van der Waals surface area contributed by atoms with Gasteiger partial charge in [-0.15, -0.1) is 0 Å². The maximum Gasteiger partial charge on any atom is 0.200 e. The van der Waals surface area contributed by atoms with Gasteiger partial charge in [-0.1, -0.05) is 18.2 Å². The van der Waals surface area contributed by atoms with Crippen molar-refractivity contribution >= 4 is 5.88 Å². The van der Waals surface area contributed by atoms with E-state index >= 15 is 0 Å². The largest absolute Gasteiger partial charge is 0.440 e. The van der Waals surface area contributed by atoms with Crippen molar-refractivity contribution in [2.45, 2.75) is 6.54 Å². The highest BCUT2D eigenvalue weighted by molar-refractivity contribution is 5.59. The summed E-state index contributed by atoms with van der Waals surface area (Å²) in [6, 6.07) is 10.8. The van der Waals surface area contributed by atoms with E-state index in [-0.39, 0.29) is 5.43 Å². The van der Waals surface area contributed by atoms with Crippen molar-refractivity contribution in [2.75, 3.05) is 31.2 Å². The van der Waals surface area contributed by atoms with Gasteiger partial charge in [-0.2, -0.15) is 0 Å². The highest BCUT2D eigenvalue weighted by atomic mass is 16.5. The molecule has 21 heavy (non-hydrogen) atoms. The minimum atomic E-state index is -0.0594. The summed E-state index contributed by atoms with van der Waals surface area (Å²) in [7, 11) is 0. The van der Waals surface area contributed by atoms with E-state index < -0.39 is 0 Å². The van der Waals surface area contributed by atoms with Gasteiger partial charge in [0.2, 0.25) is 0 Å². The van der Waals surface area contributed by atoms with Gasteiger partial charge in [-0.05, 0) is 11.6 Å². The van der Waals surface area contributed by atoms with E-state index in [4.69, 9.17) is 14.9 Å². The van der Waals surface area contributed by atoms with Crippen molar-refractivity contribution in [1.29, 1.82) is 0 Å². The van der Waals surface area contributed by atoms with Gasteiger partial charge in [0.25, 0.3) is 0 Å². The zero-order valence-corrected chi connectivity index (χ0v) is 11.7. The van der Waals surface area contributed by atoms with Crippen LogP contribution in [0, 0.1) is 0 Å². The summed E-state index contributed by atoms with van der Waals surface area (Å²) < 4.78 is 11.2. The fraction of sp³-hybridized carbons (Fsp3) is 0.312. The molecule has 1 aromatic heterocycles. The molecule has 1 aliphatic rings. The Kier molecular flexibility index (Phi) is 4.03. The van der Waals surface area contributed by atoms with Crippen molar-refractivity contribution in [3.8, 4) is 11.3 Å². The van der Waals surface area contributed by atoms with Crippen LogP contribution in [0.1, 0.15) is 5.56 Å². The van der Waals surface area contributed by atoms with Gasteiger partial charge in [0.15, 0.2) is 11.3 Å². The molecule has 5 heteroatoms. The summed E-state index contributed by atoms with van der Waals surface area (Å²) >= 11 is 0. The van der Waals surface area contributed by atoms with Gasteiger partial charge in [-0.25, -0.2) is 0 Å². The quantitative estimate of drug-likeness (QED) is 0.928. The van der Waals surface area contributed by atoms with Crippen LogP contribution in [0.4, 0.5) is 5.88 Å². The van der Waals surface area contributed by atoms with Crippen LogP contribution in [-0.2, 0) is 11.3 Å². The van der Waals surface area contributed by atoms with Crippen LogP contribution in [0.2, 0.25) is 0 Å². The molecule has 110 valence electrons. The first kappa shape index (κ1) is 13.9. The van der Waals surface area contributed by atoms with E-state index in [1.54, 1.807) is 0 Å². The van der Waals surface area contributed by atoms with Crippen LogP contribution < -0.4 is 16.1 Å². The van der Waals surface area contributed by atoms with E-state index in [1.807, 2.05) is 29.2 Å². The molecule has 2 aromatic rings. The first-order valence-electron chi connectivity index (χ1n) is 7.03. The SMILES string of the molecule is NCc1cccc(-c2cc(=O)cc(N3CCOCC3)o2)c1. The number of morpholine rings is 1. The summed E-state index contributed by atoms with van der Waals surface area (Å²) in [4.78, 5) is 14.0.